The van der Waals surface area contributed by atoms with Crippen LogP contribution in [0.25, 0.3) is 0 Å². The van der Waals surface area contributed by atoms with Crippen molar-refractivity contribution in [3.63, 3.8) is 0 Å². The summed E-state index contributed by atoms with van der Waals surface area (Å²) in [6.45, 7) is 13.7. The second kappa shape index (κ2) is 26.3. The zero-order chi connectivity index (χ0) is 24.3. The molecule has 0 aromatic heterocycles. The monoisotopic (exact) mass is 1170 g/mol. The topological polar surface area (TPSA) is 23.6 Å². The van der Waals surface area contributed by atoms with Crippen LogP contribution >= 0.6 is 99.9 Å². The molecule has 0 saturated carbocycles. The first-order valence-corrected chi connectivity index (χ1v) is 37.1. The molecule has 0 radical (unpaired) electrons. The van der Waals surface area contributed by atoms with E-state index in [-0.39, 0.29) is 4.92 Å². The van der Waals surface area contributed by atoms with Gasteiger partial charge in [0.25, 0.3) is 0 Å². The van der Waals surface area contributed by atoms with Crippen molar-refractivity contribution in [2.24, 2.45) is 11.8 Å². The molecule has 0 N–H and O–H groups in total. The van der Waals surface area contributed by atoms with Gasteiger partial charge in [0.2, 0.25) is 0 Å². The first-order valence-electron chi connectivity index (χ1n) is 10.4. The first-order chi connectivity index (χ1) is 13.8. The average Bonchev–Trinajstić information content (AvgIpc) is 2.63. The summed E-state index contributed by atoms with van der Waals surface area (Å²) in [6.07, 6.45) is 5.24. The maximum absolute atomic E-state index is 11.0. The van der Waals surface area contributed by atoms with Crippen molar-refractivity contribution in [3.8, 4) is 0 Å². The predicted octanol–water partition coefficient (Wildman–Crippen LogP) is 6.10. The molecule has 0 aliphatic carbocycles. The summed E-state index contributed by atoms with van der Waals surface area (Å²) in [5.74, 6) is 1.39. The van der Waals surface area contributed by atoms with Crippen LogP contribution in [0.1, 0.15) is 53.4 Å². The summed E-state index contributed by atoms with van der Waals surface area (Å²) >= 11 is 13.5. The van der Waals surface area contributed by atoms with Gasteiger partial charge in [-0.1, -0.05) is 13.8 Å². The third-order valence-electron chi connectivity index (χ3n) is 5.05. The second-order valence-corrected chi connectivity index (χ2v) is 63.1. The Morgan fingerprint density at radius 3 is 1.60 bits per heavy atom. The summed E-state index contributed by atoms with van der Waals surface area (Å²) in [5, 5.41) is 0. The summed E-state index contributed by atoms with van der Waals surface area (Å²) in [4.78, 5) is 15.5. The van der Waals surface area contributed by atoms with Crippen LogP contribution in [0.5, 0.6) is 0 Å². The molecule has 2 fully saturated rings. The van der Waals surface area contributed by atoms with Gasteiger partial charge in [0.05, 0.1) is 0 Å². The molecule has 2 unspecified atom stereocenters. The minimum absolute atomic E-state index is 0.278. The molecule has 2 aliphatic heterocycles. The molecule has 0 aromatic rings. The molecule has 12 heteroatoms. The Hall–Kier alpha value is 5.68. The van der Waals surface area contributed by atoms with Crippen LogP contribution in [0.4, 0.5) is 0 Å². The maximum atomic E-state index is 11.0. The SMILES string of the molecule is CC.CN1CCCC([C](=O)[GaH2])C1.CN1CCCC([C](C)(C)[GaH2])C1.[I][V]([I])[I].[I][V][I]. The Morgan fingerprint density at radius 1 is 1.00 bits per heavy atom. The Bertz CT molecular complexity index is 409. The van der Waals surface area contributed by atoms with E-state index in [0.717, 1.165) is 37.5 Å². The number of likely N-dealkylation sites (tertiary alicyclic amines) is 2. The van der Waals surface area contributed by atoms with E-state index in [1.54, 1.807) is 0 Å². The van der Waals surface area contributed by atoms with Crippen molar-refractivity contribution in [2.45, 2.75) is 57.3 Å². The molecule has 0 aromatic carbocycles. The second-order valence-electron chi connectivity index (χ2n) is 8.44. The third-order valence-corrected chi connectivity index (χ3v) is 8.47. The van der Waals surface area contributed by atoms with Crippen molar-refractivity contribution in [2.75, 3.05) is 40.3 Å². The molecule has 0 spiro atoms. The van der Waals surface area contributed by atoms with E-state index < -0.39 is 0 Å². The van der Waals surface area contributed by atoms with E-state index in [1.165, 1.54) is 38.9 Å². The Balaban J connectivity index is -0.000000352. The third kappa shape index (κ3) is 28.3. The van der Waals surface area contributed by atoms with E-state index in [2.05, 4.69) is 138 Å². The Kier molecular flexibility index (Phi) is 35.2. The quantitative estimate of drug-likeness (QED) is 0.247. The standard InChI is InChI=1S/C9H18N.C7H12NO.C2H6.2Ga.5HI.2V.4H/c1-8(2)9-5-4-6-10(3)7-9;1-8-4-2-3-7(5-8)6-9;1-2;;;;;;;;;;;;;/h9H,4-7H2,1-3H3;7H,2-5H2,1H3;1-2H3;;;5*1H;;;;;;/q;;;;;;;;;;+2;+3;;;;/p-5. The molecule has 0 bridgehead atoms. The Morgan fingerprint density at radius 2 is 1.37 bits per heavy atom. The van der Waals surface area contributed by atoms with Crippen molar-refractivity contribution < 1.29 is 19.2 Å². The number of hydrogen-bond donors (Lipinski definition) is 0. The van der Waals surface area contributed by atoms with Crippen LogP contribution in [0.3, 0.4) is 0 Å². The van der Waals surface area contributed by atoms with E-state index in [1.807, 2.05) is 13.8 Å². The van der Waals surface area contributed by atoms with Crippen molar-refractivity contribution in [3.05, 3.63) is 0 Å². The van der Waals surface area contributed by atoms with Crippen LogP contribution in [0.2, 0.25) is 3.97 Å². The zero-order valence-corrected chi connectivity index (χ0v) is 41.9. The first kappa shape index (κ1) is 40.2. The predicted molar refractivity (Wildman–Crippen MR) is 178 cm³/mol. The molecular formula is C18H40Ga2I5N2OV2. The molecule has 2 aliphatic rings. The van der Waals surface area contributed by atoms with Gasteiger partial charge in [0.1, 0.15) is 0 Å². The van der Waals surface area contributed by atoms with Gasteiger partial charge in [0.15, 0.2) is 0 Å². The summed E-state index contributed by atoms with van der Waals surface area (Å²) in [7, 11) is 4.98. The zero-order valence-electron chi connectivity index (χ0n) is 19.9. The Labute approximate surface area is 274 Å². The van der Waals surface area contributed by atoms with Crippen LogP contribution < -0.4 is 0 Å². The number of nitrogens with zero attached hydrogens (tertiary/aromatic N) is 2. The molecule has 2 heterocycles. The molecule has 2 saturated heterocycles. The molecule has 2 atom stereocenters. The number of piperidine rings is 2. The van der Waals surface area contributed by atoms with E-state index >= 15 is 0 Å². The number of hydrogen-bond acceptors (Lipinski definition) is 3. The number of carbonyl (C=O) groups is 1. The number of carbonyl (C=O) groups excluding carboxylic acids is 1. The molecule has 2 rings (SSSR count). The van der Waals surface area contributed by atoms with E-state index in [9.17, 15) is 4.79 Å². The molecule has 3 nitrogen and oxygen atoms in total. The molecule has 179 valence electrons. The van der Waals surface area contributed by atoms with E-state index in [0.29, 0.717) is 42.3 Å². The summed E-state index contributed by atoms with van der Waals surface area (Å²) in [5.41, 5.74) is 0. The van der Waals surface area contributed by atoms with Gasteiger partial charge in [-0.15, -0.1) is 0 Å². The van der Waals surface area contributed by atoms with Crippen LogP contribution in [0, 0.1) is 11.8 Å². The fourth-order valence-electron chi connectivity index (χ4n) is 3.37. The normalized spacial score (nSPS) is 21.9. The fourth-order valence-corrected chi connectivity index (χ4v) is 5.35. The minimum atomic E-state index is -0.278. The van der Waals surface area contributed by atoms with Crippen molar-refractivity contribution in [1.29, 1.82) is 0 Å². The van der Waals surface area contributed by atoms with Gasteiger partial charge in [-0.25, -0.2) is 0 Å². The average molecular weight is 1180 g/mol. The summed E-state index contributed by atoms with van der Waals surface area (Å²) < 4.78 is 1.24. The number of rotatable bonds is 2. The molecular weight excluding hydrogens is 1140 g/mol. The molecule has 0 amide bonds. The summed E-state index contributed by atoms with van der Waals surface area (Å²) in [6, 6.07) is 0. The van der Waals surface area contributed by atoms with Crippen molar-refractivity contribution in [1.82, 2.24) is 9.80 Å². The van der Waals surface area contributed by atoms with E-state index in [4.69, 9.17) is 0 Å². The van der Waals surface area contributed by atoms with Gasteiger partial charge >= 0.3 is 266 Å². The van der Waals surface area contributed by atoms with Crippen LogP contribution in [-0.2, 0) is 19.2 Å². The van der Waals surface area contributed by atoms with Crippen LogP contribution in [0.15, 0.2) is 0 Å². The van der Waals surface area contributed by atoms with Gasteiger partial charge in [-0.05, 0) is 0 Å². The molecule has 30 heavy (non-hydrogen) atoms. The van der Waals surface area contributed by atoms with Gasteiger partial charge in [-0.3, -0.25) is 0 Å². The van der Waals surface area contributed by atoms with Crippen molar-refractivity contribution >= 4 is 141 Å². The number of halogens is 5. The van der Waals surface area contributed by atoms with Gasteiger partial charge < -0.3 is 0 Å². The van der Waals surface area contributed by atoms with Gasteiger partial charge in [0, 0.05) is 0 Å². The van der Waals surface area contributed by atoms with Gasteiger partial charge in [-0.2, -0.15) is 0 Å². The van der Waals surface area contributed by atoms with Crippen LogP contribution in [-0.4, -0.2) is 91.6 Å². The fraction of sp³-hybridized carbons (Fsp3) is 0.944.